The molecule has 8 heteroatoms. The quantitative estimate of drug-likeness (QED) is 0.570. The van der Waals surface area contributed by atoms with Gasteiger partial charge in [-0.2, -0.15) is 11.8 Å². The van der Waals surface area contributed by atoms with Gasteiger partial charge in [0.1, 0.15) is 11.9 Å². The maximum absolute atomic E-state index is 13.0. The minimum absolute atomic E-state index is 0.167. The number of hydrogen-bond donors (Lipinski definition) is 2. The third-order valence-corrected chi connectivity index (χ3v) is 5.51. The number of halogens is 1. The molecule has 0 aliphatic carbocycles. The highest BCUT2D eigenvalue weighted by molar-refractivity contribution is 7.98. The molecule has 1 heterocycles. The number of amides is 2. The SMILES string of the molecule is CSCCC(NC(=O)c1ccccc1Cl)C(=O)N(C)Cc1nc2ccccc2[nH]1. The molecule has 0 aliphatic heterocycles. The molecular weight excluding hydrogens is 408 g/mol. The molecule has 0 spiro atoms. The van der Waals surface area contributed by atoms with Crippen molar-refractivity contribution in [2.24, 2.45) is 0 Å². The number of para-hydroxylation sites is 2. The Morgan fingerprint density at radius 2 is 1.93 bits per heavy atom. The topological polar surface area (TPSA) is 78.1 Å². The first-order valence-corrected chi connectivity index (χ1v) is 11.0. The number of carbonyl (C=O) groups is 2. The molecule has 3 aromatic rings. The number of nitrogens with one attached hydrogen (secondary N) is 2. The van der Waals surface area contributed by atoms with E-state index in [9.17, 15) is 9.59 Å². The zero-order chi connectivity index (χ0) is 20.8. The van der Waals surface area contributed by atoms with Crippen LogP contribution >= 0.6 is 23.4 Å². The Morgan fingerprint density at radius 1 is 1.21 bits per heavy atom. The van der Waals surface area contributed by atoms with Crippen LogP contribution in [0.4, 0.5) is 0 Å². The van der Waals surface area contributed by atoms with Crippen LogP contribution in [0.1, 0.15) is 22.6 Å². The van der Waals surface area contributed by atoms with Gasteiger partial charge in [-0.25, -0.2) is 4.98 Å². The normalized spacial score (nSPS) is 12.0. The molecule has 0 aliphatic rings. The van der Waals surface area contributed by atoms with E-state index in [1.165, 1.54) is 0 Å². The predicted octanol–water partition coefficient (Wildman–Crippen LogP) is 3.73. The van der Waals surface area contributed by atoms with Gasteiger partial charge in [0.2, 0.25) is 5.91 Å². The number of fused-ring (bicyclic) bond motifs is 1. The molecular formula is C21H23ClN4O2S. The summed E-state index contributed by atoms with van der Waals surface area (Å²) in [5.41, 5.74) is 2.14. The maximum Gasteiger partial charge on any atom is 0.253 e. The van der Waals surface area contributed by atoms with E-state index in [1.54, 1.807) is 48.0 Å². The third kappa shape index (κ3) is 5.31. The standard InChI is InChI=1S/C21H23ClN4O2S/c1-26(13-19-23-16-9-5-6-10-17(16)24-19)21(28)18(11-12-29-2)25-20(27)14-7-3-4-8-15(14)22/h3-10,18H,11-13H2,1-2H3,(H,23,24)(H,25,27). The molecule has 2 N–H and O–H groups in total. The smallest absolute Gasteiger partial charge is 0.253 e. The summed E-state index contributed by atoms with van der Waals surface area (Å²) < 4.78 is 0. The number of imidazole rings is 1. The fraction of sp³-hybridized carbons (Fsp3) is 0.286. The summed E-state index contributed by atoms with van der Waals surface area (Å²) in [6.45, 7) is 0.325. The van der Waals surface area contributed by atoms with Crippen LogP contribution in [0.2, 0.25) is 5.02 Å². The summed E-state index contributed by atoms with van der Waals surface area (Å²) >= 11 is 7.75. The molecule has 2 aromatic carbocycles. The molecule has 0 saturated carbocycles. The Hall–Kier alpha value is -2.51. The van der Waals surface area contributed by atoms with Crippen molar-refractivity contribution in [1.29, 1.82) is 0 Å². The van der Waals surface area contributed by atoms with Crippen LogP contribution in [0.25, 0.3) is 11.0 Å². The van der Waals surface area contributed by atoms with Crippen molar-refractivity contribution in [2.75, 3.05) is 19.1 Å². The lowest BCUT2D eigenvalue weighted by Gasteiger charge is -2.24. The molecule has 1 aromatic heterocycles. The molecule has 0 bridgehead atoms. The number of nitrogens with zero attached hydrogens (tertiary/aromatic N) is 2. The van der Waals surface area contributed by atoms with Crippen LogP contribution in [0.3, 0.4) is 0 Å². The van der Waals surface area contributed by atoms with Crippen molar-refractivity contribution in [3.8, 4) is 0 Å². The van der Waals surface area contributed by atoms with Crippen molar-refractivity contribution in [3.63, 3.8) is 0 Å². The molecule has 1 unspecified atom stereocenters. The predicted molar refractivity (Wildman–Crippen MR) is 118 cm³/mol. The number of carbonyl (C=O) groups excluding carboxylic acids is 2. The first-order valence-electron chi connectivity index (χ1n) is 9.22. The van der Waals surface area contributed by atoms with E-state index in [2.05, 4.69) is 15.3 Å². The molecule has 0 fully saturated rings. The van der Waals surface area contributed by atoms with E-state index in [0.717, 1.165) is 16.8 Å². The highest BCUT2D eigenvalue weighted by Gasteiger charge is 2.25. The number of likely N-dealkylation sites (N-methyl/N-ethyl adjacent to an activating group) is 1. The van der Waals surface area contributed by atoms with Crippen LogP contribution in [-0.4, -0.2) is 51.8 Å². The van der Waals surface area contributed by atoms with Gasteiger partial charge in [0.15, 0.2) is 0 Å². The lowest BCUT2D eigenvalue weighted by molar-refractivity contribution is -0.132. The van der Waals surface area contributed by atoms with Crippen molar-refractivity contribution in [2.45, 2.75) is 19.0 Å². The van der Waals surface area contributed by atoms with Crippen molar-refractivity contribution in [1.82, 2.24) is 20.2 Å². The fourth-order valence-corrected chi connectivity index (χ4v) is 3.72. The van der Waals surface area contributed by atoms with E-state index in [1.807, 2.05) is 30.5 Å². The second-order valence-corrected chi connectivity index (χ2v) is 8.08. The Kier molecular flexibility index (Phi) is 7.17. The molecule has 0 radical (unpaired) electrons. The van der Waals surface area contributed by atoms with Gasteiger partial charge in [0.25, 0.3) is 5.91 Å². The van der Waals surface area contributed by atoms with Crippen molar-refractivity contribution in [3.05, 3.63) is 64.9 Å². The Balaban J connectivity index is 1.71. The van der Waals surface area contributed by atoms with Crippen LogP contribution in [0.15, 0.2) is 48.5 Å². The molecule has 0 saturated heterocycles. The van der Waals surface area contributed by atoms with Gasteiger partial charge < -0.3 is 15.2 Å². The Labute approximate surface area is 179 Å². The number of rotatable bonds is 8. The van der Waals surface area contributed by atoms with Crippen molar-refractivity contribution < 1.29 is 9.59 Å². The molecule has 152 valence electrons. The number of thioether (sulfide) groups is 1. The highest BCUT2D eigenvalue weighted by atomic mass is 35.5. The van der Waals surface area contributed by atoms with Gasteiger partial charge in [-0.15, -0.1) is 0 Å². The number of aromatic nitrogens is 2. The molecule has 1 atom stereocenters. The van der Waals surface area contributed by atoms with E-state index in [4.69, 9.17) is 11.6 Å². The minimum atomic E-state index is -0.638. The van der Waals surface area contributed by atoms with Gasteiger partial charge >= 0.3 is 0 Å². The monoisotopic (exact) mass is 430 g/mol. The minimum Gasteiger partial charge on any atom is -0.340 e. The lowest BCUT2D eigenvalue weighted by Crippen LogP contribution is -2.47. The van der Waals surface area contributed by atoms with E-state index in [0.29, 0.717) is 29.4 Å². The van der Waals surface area contributed by atoms with E-state index < -0.39 is 6.04 Å². The van der Waals surface area contributed by atoms with Crippen LogP contribution in [-0.2, 0) is 11.3 Å². The average molecular weight is 431 g/mol. The number of hydrogen-bond acceptors (Lipinski definition) is 4. The van der Waals surface area contributed by atoms with Crippen molar-refractivity contribution >= 4 is 46.2 Å². The summed E-state index contributed by atoms with van der Waals surface area (Å²) in [4.78, 5) is 35.0. The largest absolute Gasteiger partial charge is 0.340 e. The number of H-pyrrole nitrogens is 1. The summed E-state index contributed by atoms with van der Waals surface area (Å²) in [5.74, 6) is 0.924. The summed E-state index contributed by atoms with van der Waals surface area (Å²) in [7, 11) is 1.71. The van der Waals surface area contributed by atoms with E-state index in [-0.39, 0.29) is 11.8 Å². The summed E-state index contributed by atoms with van der Waals surface area (Å²) in [6, 6.07) is 13.9. The first-order chi connectivity index (χ1) is 14.0. The zero-order valence-electron chi connectivity index (χ0n) is 16.3. The van der Waals surface area contributed by atoms with Gasteiger partial charge in [-0.3, -0.25) is 9.59 Å². The first kappa shape index (κ1) is 21.2. The Bertz CT molecular complexity index is 974. The molecule has 3 rings (SSSR count). The van der Waals surface area contributed by atoms with E-state index >= 15 is 0 Å². The molecule has 29 heavy (non-hydrogen) atoms. The summed E-state index contributed by atoms with van der Waals surface area (Å²) in [5, 5.41) is 3.20. The maximum atomic E-state index is 13.0. The Morgan fingerprint density at radius 3 is 2.66 bits per heavy atom. The van der Waals surface area contributed by atoms with Crippen LogP contribution in [0, 0.1) is 0 Å². The summed E-state index contributed by atoms with van der Waals surface area (Å²) in [6.07, 6.45) is 2.50. The van der Waals surface area contributed by atoms with Crippen LogP contribution < -0.4 is 5.32 Å². The average Bonchev–Trinajstić information content (AvgIpc) is 3.12. The van der Waals surface area contributed by atoms with Gasteiger partial charge in [-0.1, -0.05) is 35.9 Å². The second-order valence-electron chi connectivity index (χ2n) is 6.68. The zero-order valence-corrected chi connectivity index (χ0v) is 17.9. The number of aromatic amines is 1. The second kappa shape index (κ2) is 9.80. The van der Waals surface area contributed by atoms with Crippen LogP contribution in [0.5, 0.6) is 0 Å². The van der Waals surface area contributed by atoms with Gasteiger partial charge in [0.05, 0.1) is 28.2 Å². The molecule has 2 amide bonds. The van der Waals surface area contributed by atoms with Gasteiger partial charge in [-0.05, 0) is 42.7 Å². The third-order valence-electron chi connectivity index (χ3n) is 4.53. The lowest BCUT2D eigenvalue weighted by atomic mass is 10.1. The molecule has 6 nitrogen and oxygen atoms in total. The highest BCUT2D eigenvalue weighted by Crippen LogP contribution is 2.16. The fourth-order valence-electron chi connectivity index (χ4n) is 3.02. The number of benzene rings is 2. The van der Waals surface area contributed by atoms with Gasteiger partial charge in [0, 0.05) is 7.05 Å².